The van der Waals surface area contributed by atoms with E-state index in [1.807, 2.05) is 60.7 Å². The number of thioether (sulfide) groups is 2. The van der Waals surface area contributed by atoms with Crippen LogP contribution >= 0.6 is 23.5 Å². The molecule has 14 heteroatoms. The maximum absolute atomic E-state index is 14.4. The molecule has 2 N–H and O–H groups in total. The van der Waals surface area contributed by atoms with Gasteiger partial charge in [0.2, 0.25) is 5.16 Å². The molecule has 2 aliphatic heterocycles. The van der Waals surface area contributed by atoms with E-state index in [0.717, 1.165) is 11.1 Å². The largest absolute Gasteiger partial charge is 0.452 e. The van der Waals surface area contributed by atoms with Crippen LogP contribution in [0.25, 0.3) is 0 Å². The third-order valence-electron chi connectivity index (χ3n) is 8.12. The molecule has 0 radical (unpaired) electrons. The lowest BCUT2D eigenvalue weighted by Crippen LogP contribution is -2.83. The molecule has 0 bridgehead atoms. The summed E-state index contributed by atoms with van der Waals surface area (Å²) in [6, 6.07) is 27.4. The average molecular weight is 661 g/mol. The molecular weight excluding hydrogens is 629 g/mol. The van der Waals surface area contributed by atoms with Gasteiger partial charge in [0.15, 0.2) is 12.2 Å². The molecule has 238 valence electrons. The monoisotopic (exact) mass is 660 g/mol. The number of ether oxygens (including phenoxy) is 2. The van der Waals surface area contributed by atoms with E-state index in [9.17, 15) is 19.5 Å². The van der Waals surface area contributed by atoms with Gasteiger partial charge in [-0.1, -0.05) is 103 Å². The summed E-state index contributed by atoms with van der Waals surface area (Å²) in [5.74, 6) is -1.30. The van der Waals surface area contributed by atoms with Gasteiger partial charge in [-0.3, -0.25) is 14.4 Å². The second-order valence-corrected chi connectivity index (χ2v) is 13.1. The second kappa shape index (κ2) is 13.2. The molecule has 0 saturated carbocycles. The molecule has 0 spiro atoms. The Bertz CT molecular complexity index is 1660. The highest BCUT2D eigenvalue weighted by atomic mass is 32.2. The molecule has 6 rings (SSSR count). The number of amides is 2. The van der Waals surface area contributed by atoms with Crippen LogP contribution in [0.4, 0.5) is 0 Å². The second-order valence-electron chi connectivity index (χ2n) is 11.1. The summed E-state index contributed by atoms with van der Waals surface area (Å²) >= 11 is 2.60. The molecule has 12 nitrogen and oxygen atoms in total. The smallest absolute Gasteiger partial charge is 0.316 e. The number of aromatic nitrogens is 4. The number of esters is 1. The van der Waals surface area contributed by atoms with Gasteiger partial charge in [-0.15, -0.1) is 16.9 Å². The van der Waals surface area contributed by atoms with Crippen LogP contribution in [-0.2, 0) is 30.9 Å². The summed E-state index contributed by atoms with van der Waals surface area (Å²) < 4.78 is 13.5. The van der Waals surface area contributed by atoms with Crippen molar-refractivity contribution in [1.29, 1.82) is 0 Å². The number of aliphatic hydroxyl groups excluding tert-OH is 1. The van der Waals surface area contributed by atoms with E-state index in [1.165, 1.54) is 40.2 Å². The number of rotatable bonds is 11. The van der Waals surface area contributed by atoms with E-state index in [2.05, 4.69) is 20.8 Å². The van der Waals surface area contributed by atoms with Crippen molar-refractivity contribution in [2.75, 3.05) is 25.2 Å². The highest BCUT2D eigenvalue weighted by Crippen LogP contribution is 2.50. The van der Waals surface area contributed by atoms with Crippen LogP contribution in [0.15, 0.2) is 96.2 Å². The van der Waals surface area contributed by atoms with Crippen LogP contribution in [0.1, 0.15) is 28.9 Å². The predicted octanol–water partition coefficient (Wildman–Crippen LogP) is 2.73. The third-order valence-corrected chi connectivity index (χ3v) is 11.0. The van der Waals surface area contributed by atoms with Crippen molar-refractivity contribution in [1.82, 2.24) is 30.4 Å². The number of benzene rings is 3. The number of carbonyl (C=O) groups excluding carboxylic acids is 3. The minimum absolute atomic E-state index is 0.0130. The number of tetrazole rings is 1. The Hall–Kier alpha value is -4.24. The normalized spacial score (nSPS) is 22.9. The SMILES string of the molecule is COC1(NC(=O)C(O)c2ccccc2)C(=O)N2CC(CSc3nnnn3C)(C(=O)OC(c3ccccc3)c3ccccc3)CS[C@@H]21. The lowest BCUT2D eigenvalue weighted by molar-refractivity contribution is -0.202. The van der Waals surface area contributed by atoms with Crippen molar-refractivity contribution in [3.63, 3.8) is 0 Å². The Balaban J connectivity index is 1.26. The van der Waals surface area contributed by atoms with Crippen molar-refractivity contribution in [3.8, 4) is 0 Å². The first-order valence-corrected chi connectivity index (χ1v) is 16.5. The first-order chi connectivity index (χ1) is 22.3. The standard InChI is InChI=1S/C32H32N6O6S2/c1-37-30(34-35-36-37)46-20-31(29(42)44-25(22-14-8-4-9-15-22)23-16-10-5-11-17-23)18-38-27(41)32(43-2,28(38)45-19-31)33-26(40)24(39)21-12-6-3-7-13-21/h3-17,24-25,28,39H,18-20H2,1-2H3,(H,33,40)/t24?,28-,31?,32?/m1/s1. The zero-order valence-corrected chi connectivity index (χ0v) is 26.7. The molecular formula is C32H32N6O6S2. The highest BCUT2D eigenvalue weighted by molar-refractivity contribution is 8.00. The number of aryl methyl sites for hydroxylation is 1. The number of β-lactam (4-membered cyclic amide) rings is 1. The summed E-state index contributed by atoms with van der Waals surface area (Å²) in [5.41, 5.74) is -0.869. The summed E-state index contributed by atoms with van der Waals surface area (Å²) in [7, 11) is 3.04. The quantitative estimate of drug-likeness (QED) is 0.106. The first-order valence-electron chi connectivity index (χ1n) is 14.5. The topological polar surface area (TPSA) is 149 Å². The van der Waals surface area contributed by atoms with Gasteiger partial charge in [-0.05, 0) is 27.1 Å². The minimum Gasteiger partial charge on any atom is -0.452 e. The number of methoxy groups -OCH3 is 1. The Kier molecular flexibility index (Phi) is 9.13. The minimum atomic E-state index is -1.70. The molecule has 4 aromatic rings. The molecule has 3 aromatic carbocycles. The molecule has 0 aliphatic carbocycles. The fourth-order valence-electron chi connectivity index (χ4n) is 5.58. The van der Waals surface area contributed by atoms with Crippen molar-refractivity contribution in [3.05, 3.63) is 108 Å². The van der Waals surface area contributed by atoms with E-state index < -0.39 is 46.5 Å². The predicted molar refractivity (Wildman–Crippen MR) is 170 cm³/mol. The Morgan fingerprint density at radius 2 is 1.61 bits per heavy atom. The molecule has 4 atom stereocenters. The number of aliphatic hydroxyl groups is 1. The molecule has 2 aliphatic rings. The molecule has 3 heterocycles. The van der Waals surface area contributed by atoms with Crippen molar-refractivity contribution >= 4 is 41.3 Å². The van der Waals surface area contributed by atoms with Gasteiger partial charge in [0, 0.05) is 32.2 Å². The molecule has 2 fully saturated rings. The van der Waals surface area contributed by atoms with E-state index in [-0.39, 0.29) is 18.1 Å². The number of nitrogens with one attached hydrogen (secondary N) is 1. The average Bonchev–Trinajstić information content (AvgIpc) is 3.53. The van der Waals surface area contributed by atoms with Crippen molar-refractivity contribution in [2.45, 2.75) is 28.5 Å². The summed E-state index contributed by atoms with van der Waals surface area (Å²) in [5, 5.41) is 24.8. The van der Waals surface area contributed by atoms with E-state index >= 15 is 0 Å². The third kappa shape index (κ3) is 5.88. The van der Waals surface area contributed by atoms with Gasteiger partial charge < -0.3 is 24.8 Å². The van der Waals surface area contributed by atoms with Crippen LogP contribution in [0, 0.1) is 5.41 Å². The number of nitrogens with zero attached hydrogens (tertiary/aromatic N) is 5. The van der Waals surface area contributed by atoms with Gasteiger partial charge in [0.25, 0.3) is 17.5 Å². The molecule has 46 heavy (non-hydrogen) atoms. The van der Waals surface area contributed by atoms with Crippen LogP contribution < -0.4 is 5.32 Å². The maximum Gasteiger partial charge on any atom is 0.316 e. The number of fused-ring (bicyclic) bond motifs is 1. The van der Waals surface area contributed by atoms with Crippen LogP contribution in [0.2, 0.25) is 0 Å². The Labute approximate surface area is 273 Å². The summed E-state index contributed by atoms with van der Waals surface area (Å²) in [4.78, 5) is 42.8. The summed E-state index contributed by atoms with van der Waals surface area (Å²) in [6.45, 7) is 0.0130. The van der Waals surface area contributed by atoms with E-state index in [1.54, 1.807) is 37.4 Å². The fraction of sp³-hybridized carbons (Fsp3) is 0.312. The molecule has 2 saturated heterocycles. The molecule has 2 amide bonds. The maximum atomic E-state index is 14.4. The first kappa shape index (κ1) is 31.7. The van der Waals surface area contributed by atoms with E-state index in [0.29, 0.717) is 10.7 Å². The highest BCUT2D eigenvalue weighted by Gasteiger charge is 2.68. The Morgan fingerprint density at radius 3 is 2.15 bits per heavy atom. The number of hydrogen-bond acceptors (Lipinski definition) is 11. The van der Waals surface area contributed by atoms with Gasteiger partial charge in [0.1, 0.15) is 10.8 Å². The van der Waals surface area contributed by atoms with Crippen molar-refractivity contribution < 1.29 is 29.0 Å². The number of hydrogen-bond donors (Lipinski definition) is 2. The fourth-order valence-corrected chi connectivity index (χ4v) is 8.37. The van der Waals surface area contributed by atoms with Gasteiger partial charge in [0.05, 0.1) is 0 Å². The van der Waals surface area contributed by atoms with Crippen LogP contribution in [0.5, 0.6) is 0 Å². The van der Waals surface area contributed by atoms with Gasteiger partial charge in [-0.25, -0.2) is 4.68 Å². The molecule has 3 unspecified atom stereocenters. The lowest BCUT2D eigenvalue weighted by atomic mass is 9.87. The van der Waals surface area contributed by atoms with Gasteiger partial charge >= 0.3 is 5.97 Å². The van der Waals surface area contributed by atoms with Crippen molar-refractivity contribution in [2.24, 2.45) is 12.5 Å². The zero-order chi connectivity index (χ0) is 32.3. The zero-order valence-electron chi connectivity index (χ0n) is 25.1. The summed E-state index contributed by atoms with van der Waals surface area (Å²) in [6.07, 6.45) is -2.18. The van der Waals surface area contributed by atoms with Gasteiger partial charge in [-0.2, -0.15) is 0 Å². The number of carbonyl (C=O) groups is 3. The van der Waals surface area contributed by atoms with Crippen LogP contribution in [0.3, 0.4) is 0 Å². The Morgan fingerprint density at radius 1 is 1.02 bits per heavy atom. The lowest BCUT2D eigenvalue weighted by Gasteiger charge is -2.59. The molecule has 1 aromatic heterocycles. The van der Waals surface area contributed by atoms with E-state index in [4.69, 9.17) is 9.47 Å². The van der Waals surface area contributed by atoms with Crippen LogP contribution in [-0.4, -0.2) is 84.3 Å².